The molecular weight excluding hydrogens is 390 g/mol. The molecule has 0 heterocycles. The second-order valence-corrected chi connectivity index (χ2v) is 7.29. The van der Waals surface area contributed by atoms with Crippen molar-refractivity contribution in [3.63, 3.8) is 0 Å². The van der Waals surface area contributed by atoms with Gasteiger partial charge < -0.3 is 19.3 Å². The third-order valence-corrected chi connectivity index (χ3v) is 5.41. The Hall–Kier alpha value is -3.27. The van der Waals surface area contributed by atoms with Crippen molar-refractivity contribution in [2.24, 2.45) is 0 Å². The normalized spacial score (nSPS) is 10.9. The molecule has 0 aliphatic heterocycles. The molecule has 0 fully saturated rings. The Morgan fingerprint density at radius 3 is 2.14 bits per heavy atom. The van der Waals surface area contributed by atoms with Crippen LogP contribution < -0.4 is 14.2 Å². The van der Waals surface area contributed by atoms with Crippen LogP contribution >= 0.6 is 0 Å². The number of carbonyl (C=O) groups excluding carboxylic acids is 1. The Kier molecular flexibility index (Phi) is 6.14. The lowest BCUT2D eigenvalue weighted by Gasteiger charge is -2.16. The number of ether oxygens (including phenoxy) is 3. The van der Waals surface area contributed by atoms with Crippen LogP contribution in [0.15, 0.2) is 35.2 Å². The molecule has 2 aromatic carbocycles. The van der Waals surface area contributed by atoms with Gasteiger partial charge in [-0.3, -0.25) is 4.72 Å². The SMILES string of the molecule is COC(=O)c1cc(OC)c(OC)cc1NS(=O)(=O)c1cc(C(=O)O)ccc1C. The molecule has 2 N–H and O–H groups in total. The highest BCUT2D eigenvalue weighted by Gasteiger charge is 2.24. The van der Waals surface area contributed by atoms with Crippen LogP contribution in [0, 0.1) is 6.92 Å². The standard InChI is InChI=1S/C18H19NO8S/c1-10-5-6-11(17(20)21)7-16(10)28(23,24)19-13-9-15(26-3)14(25-2)8-12(13)18(22)27-4/h5-9,19H,1-4H3,(H,20,21). The van der Waals surface area contributed by atoms with Gasteiger partial charge in [-0.1, -0.05) is 6.07 Å². The Labute approximate surface area is 161 Å². The maximum Gasteiger partial charge on any atom is 0.340 e. The predicted octanol–water partition coefficient (Wildman–Crippen LogP) is 2.30. The van der Waals surface area contributed by atoms with Crippen LogP contribution in [0.4, 0.5) is 5.69 Å². The van der Waals surface area contributed by atoms with E-state index in [4.69, 9.17) is 19.3 Å². The average molecular weight is 409 g/mol. The van der Waals surface area contributed by atoms with Crippen molar-refractivity contribution in [3.8, 4) is 11.5 Å². The van der Waals surface area contributed by atoms with E-state index in [2.05, 4.69) is 4.72 Å². The van der Waals surface area contributed by atoms with Crippen LogP contribution in [-0.4, -0.2) is 46.8 Å². The van der Waals surface area contributed by atoms with E-state index in [1.165, 1.54) is 45.4 Å². The van der Waals surface area contributed by atoms with E-state index in [1.807, 2.05) is 0 Å². The number of nitrogens with one attached hydrogen (secondary N) is 1. The van der Waals surface area contributed by atoms with Crippen LogP contribution in [0.1, 0.15) is 26.3 Å². The van der Waals surface area contributed by atoms with Crippen molar-refractivity contribution < 1.29 is 37.3 Å². The molecule has 0 bridgehead atoms. The quantitative estimate of drug-likeness (QED) is 0.667. The zero-order valence-electron chi connectivity index (χ0n) is 15.6. The molecule has 0 amide bonds. The van der Waals surface area contributed by atoms with E-state index in [-0.39, 0.29) is 33.2 Å². The molecule has 0 unspecified atom stereocenters. The van der Waals surface area contributed by atoms with Crippen molar-refractivity contribution in [1.82, 2.24) is 0 Å². The number of methoxy groups -OCH3 is 3. The predicted molar refractivity (Wildman–Crippen MR) is 99.8 cm³/mol. The lowest BCUT2D eigenvalue weighted by atomic mass is 10.1. The fourth-order valence-corrected chi connectivity index (χ4v) is 3.81. The molecule has 0 spiro atoms. The molecule has 28 heavy (non-hydrogen) atoms. The minimum Gasteiger partial charge on any atom is -0.493 e. The monoisotopic (exact) mass is 409 g/mol. The number of carboxylic acid groups (broad SMARTS) is 1. The van der Waals surface area contributed by atoms with E-state index in [1.54, 1.807) is 0 Å². The highest BCUT2D eigenvalue weighted by Crippen LogP contribution is 2.35. The minimum atomic E-state index is -4.23. The van der Waals surface area contributed by atoms with Crippen LogP contribution in [-0.2, 0) is 14.8 Å². The number of hydrogen-bond acceptors (Lipinski definition) is 7. The van der Waals surface area contributed by atoms with Gasteiger partial charge in [-0.05, 0) is 24.6 Å². The molecule has 0 radical (unpaired) electrons. The third kappa shape index (κ3) is 4.17. The van der Waals surface area contributed by atoms with E-state index in [0.717, 1.165) is 13.2 Å². The van der Waals surface area contributed by atoms with Crippen LogP contribution in [0.2, 0.25) is 0 Å². The number of anilines is 1. The summed E-state index contributed by atoms with van der Waals surface area (Å²) < 4.78 is 43.0. The first-order valence-electron chi connectivity index (χ1n) is 7.85. The van der Waals surface area contributed by atoms with Gasteiger partial charge in [0, 0.05) is 12.1 Å². The summed E-state index contributed by atoms with van der Waals surface area (Å²) in [7, 11) is -0.356. The molecule has 9 nitrogen and oxygen atoms in total. The average Bonchev–Trinajstić information content (AvgIpc) is 2.66. The number of benzene rings is 2. The summed E-state index contributed by atoms with van der Waals surface area (Å²) in [6.07, 6.45) is 0. The third-order valence-electron chi connectivity index (χ3n) is 3.90. The highest BCUT2D eigenvalue weighted by atomic mass is 32.2. The Bertz CT molecular complexity index is 1030. The number of rotatable bonds is 7. The zero-order valence-corrected chi connectivity index (χ0v) is 16.4. The van der Waals surface area contributed by atoms with Crippen molar-refractivity contribution >= 4 is 27.6 Å². The zero-order chi connectivity index (χ0) is 21.1. The van der Waals surface area contributed by atoms with Crippen LogP contribution in [0.5, 0.6) is 11.5 Å². The largest absolute Gasteiger partial charge is 0.493 e. The summed E-state index contributed by atoms with van der Waals surface area (Å²) >= 11 is 0. The van der Waals surface area contributed by atoms with Crippen molar-refractivity contribution in [1.29, 1.82) is 0 Å². The van der Waals surface area contributed by atoms with Gasteiger partial charge in [0.1, 0.15) is 0 Å². The Morgan fingerprint density at radius 1 is 1.00 bits per heavy atom. The molecule has 0 saturated carbocycles. The number of aryl methyl sites for hydroxylation is 1. The summed E-state index contributed by atoms with van der Waals surface area (Å²) in [5.41, 5.74) is -0.0653. The van der Waals surface area contributed by atoms with Crippen LogP contribution in [0.3, 0.4) is 0 Å². The maximum absolute atomic E-state index is 12.9. The minimum absolute atomic E-state index is 0.101. The molecule has 0 aliphatic rings. The van der Waals surface area contributed by atoms with Gasteiger partial charge in [-0.15, -0.1) is 0 Å². The second kappa shape index (κ2) is 8.17. The van der Waals surface area contributed by atoms with Gasteiger partial charge in [-0.2, -0.15) is 0 Å². The molecule has 0 aliphatic carbocycles. The van der Waals surface area contributed by atoms with Crippen molar-refractivity contribution in [2.75, 3.05) is 26.1 Å². The molecule has 2 rings (SSSR count). The van der Waals surface area contributed by atoms with Crippen molar-refractivity contribution in [3.05, 3.63) is 47.0 Å². The summed E-state index contributed by atoms with van der Waals surface area (Å²) in [5, 5.41) is 9.12. The van der Waals surface area contributed by atoms with Gasteiger partial charge in [0.25, 0.3) is 10.0 Å². The molecular formula is C18H19NO8S. The van der Waals surface area contributed by atoms with E-state index < -0.39 is 22.0 Å². The number of carbonyl (C=O) groups is 2. The van der Waals surface area contributed by atoms with Gasteiger partial charge in [0.05, 0.1) is 43.0 Å². The fraction of sp³-hybridized carbons (Fsp3) is 0.222. The topological polar surface area (TPSA) is 128 Å². The first kappa shape index (κ1) is 21.0. The summed E-state index contributed by atoms with van der Waals surface area (Å²) in [5.74, 6) is -1.67. The number of hydrogen-bond donors (Lipinski definition) is 2. The molecule has 0 aromatic heterocycles. The number of carboxylic acids is 1. The first-order valence-corrected chi connectivity index (χ1v) is 9.34. The number of sulfonamides is 1. The molecule has 150 valence electrons. The highest BCUT2D eigenvalue weighted by molar-refractivity contribution is 7.92. The van der Waals surface area contributed by atoms with E-state index in [9.17, 15) is 18.0 Å². The summed E-state index contributed by atoms with van der Waals surface area (Å²) in [6.45, 7) is 1.52. The number of esters is 1. The molecule has 10 heteroatoms. The lowest BCUT2D eigenvalue weighted by Crippen LogP contribution is -2.18. The lowest BCUT2D eigenvalue weighted by molar-refractivity contribution is 0.0600. The molecule has 2 aromatic rings. The number of aromatic carboxylic acids is 1. The smallest absolute Gasteiger partial charge is 0.340 e. The second-order valence-electron chi connectivity index (χ2n) is 5.64. The van der Waals surface area contributed by atoms with Gasteiger partial charge in [0.15, 0.2) is 11.5 Å². The van der Waals surface area contributed by atoms with Gasteiger partial charge in [-0.25, -0.2) is 18.0 Å². The maximum atomic E-state index is 12.9. The fourth-order valence-electron chi connectivity index (χ4n) is 2.46. The van der Waals surface area contributed by atoms with Crippen molar-refractivity contribution in [2.45, 2.75) is 11.8 Å². The summed E-state index contributed by atoms with van der Waals surface area (Å²) in [6, 6.07) is 6.28. The Morgan fingerprint density at radius 2 is 1.61 bits per heavy atom. The summed E-state index contributed by atoms with van der Waals surface area (Å²) in [4.78, 5) is 23.0. The Balaban J connectivity index is 2.61. The van der Waals surface area contributed by atoms with Gasteiger partial charge in [0.2, 0.25) is 0 Å². The van der Waals surface area contributed by atoms with E-state index in [0.29, 0.717) is 5.56 Å². The van der Waals surface area contributed by atoms with E-state index >= 15 is 0 Å². The first-order chi connectivity index (χ1) is 13.1. The molecule has 0 atom stereocenters. The van der Waals surface area contributed by atoms with Crippen LogP contribution in [0.25, 0.3) is 0 Å². The van der Waals surface area contributed by atoms with Gasteiger partial charge >= 0.3 is 11.9 Å². The molecule has 0 saturated heterocycles.